The van der Waals surface area contributed by atoms with Gasteiger partial charge >= 0.3 is 0 Å². The van der Waals surface area contributed by atoms with E-state index < -0.39 is 0 Å². The van der Waals surface area contributed by atoms with Gasteiger partial charge in [-0.15, -0.1) is 0 Å². The van der Waals surface area contributed by atoms with Gasteiger partial charge in [0.05, 0.1) is 24.8 Å². The fourth-order valence-corrected chi connectivity index (χ4v) is 4.06. The molecule has 7 heteroatoms. The lowest BCUT2D eigenvalue weighted by atomic mass is 9.85. The van der Waals surface area contributed by atoms with Crippen molar-refractivity contribution in [2.75, 3.05) is 20.3 Å². The highest BCUT2D eigenvalue weighted by Crippen LogP contribution is 2.33. The molecule has 3 N–H and O–H groups in total. The van der Waals surface area contributed by atoms with Crippen LogP contribution in [0.2, 0.25) is 0 Å². The van der Waals surface area contributed by atoms with E-state index in [4.69, 9.17) is 19.6 Å². The summed E-state index contributed by atoms with van der Waals surface area (Å²) in [4.78, 5) is 20.9. The third kappa shape index (κ3) is 4.57. The minimum atomic E-state index is -0.107. The molecule has 7 nitrogen and oxygen atoms in total. The Kier molecular flexibility index (Phi) is 6.18. The summed E-state index contributed by atoms with van der Waals surface area (Å²) in [7, 11) is 1.65. The molecule has 0 bridgehead atoms. The van der Waals surface area contributed by atoms with Crippen LogP contribution < -0.4 is 14.8 Å². The van der Waals surface area contributed by atoms with Gasteiger partial charge < -0.3 is 24.9 Å². The summed E-state index contributed by atoms with van der Waals surface area (Å²) >= 11 is 0. The molecule has 1 aliphatic carbocycles. The van der Waals surface area contributed by atoms with Crippen LogP contribution in [0.3, 0.4) is 0 Å². The minimum absolute atomic E-state index is 0.0611. The van der Waals surface area contributed by atoms with Crippen molar-refractivity contribution in [2.24, 2.45) is 0 Å². The first-order valence-corrected chi connectivity index (χ1v) is 10.3. The second kappa shape index (κ2) is 9.17. The molecule has 1 saturated carbocycles. The summed E-state index contributed by atoms with van der Waals surface area (Å²) in [5.74, 6) is 2.52. The van der Waals surface area contributed by atoms with Gasteiger partial charge in [-0.3, -0.25) is 4.79 Å². The van der Waals surface area contributed by atoms with E-state index in [0.717, 1.165) is 48.3 Å². The number of hydrogen-bond donors (Lipinski definition) is 3. The molecule has 1 heterocycles. The molecule has 1 aliphatic rings. The highest BCUT2D eigenvalue weighted by atomic mass is 16.5. The van der Waals surface area contributed by atoms with Crippen LogP contribution in [0.5, 0.6) is 11.5 Å². The molecule has 158 valence electrons. The van der Waals surface area contributed by atoms with Crippen LogP contribution in [0.25, 0.3) is 11.0 Å². The standard InChI is InChI=1S/C23H27N3O4/c1-29-18-8-9-20-21(14-18)26-22(25-20)15-4-2-6-17(12-15)24-23(28)16-5-3-7-19(13-16)30-11-10-27/h3,5,7-9,13-15,17,27H,2,4,6,10-12H2,1H3,(H,24,28)(H,25,26)/t15-,17+/m1/s1. The number of carbonyl (C=O) groups is 1. The van der Waals surface area contributed by atoms with Gasteiger partial charge in [-0.05, 0) is 49.6 Å². The summed E-state index contributed by atoms with van der Waals surface area (Å²) in [5, 5.41) is 12.1. The number of nitrogens with zero attached hydrogens (tertiary/aromatic N) is 1. The van der Waals surface area contributed by atoms with Crippen molar-refractivity contribution in [3.63, 3.8) is 0 Å². The zero-order chi connectivity index (χ0) is 20.9. The van der Waals surface area contributed by atoms with Crippen molar-refractivity contribution < 1.29 is 19.4 Å². The molecule has 1 fully saturated rings. The van der Waals surface area contributed by atoms with Gasteiger partial charge in [-0.2, -0.15) is 0 Å². The van der Waals surface area contributed by atoms with E-state index in [1.54, 1.807) is 31.4 Å². The predicted octanol–water partition coefficient (Wildman–Crippen LogP) is 3.40. The van der Waals surface area contributed by atoms with Gasteiger partial charge in [0, 0.05) is 23.6 Å². The smallest absolute Gasteiger partial charge is 0.251 e. The highest BCUT2D eigenvalue weighted by molar-refractivity contribution is 5.94. The maximum Gasteiger partial charge on any atom is 0.251 e. The molecule has 4 rings (SSSR count). The summed E-state index contributed by atoms with van der Waals surface area (Å²) in [6.45, 7) is 0.146. The molecule has 0 spiro atoms. The topological polar surface area (TPSA) is 96.5 Å². The number of benzene rings is 2. The van der Waals surface area contributed by atoms with E-state index in [0.29, 0.717) is 11.3 Å². The van der Waals surface area contributed by atoms with E-state index in [2.05, 4.69) is 10.3 Å². The van der Waals surface area contributed by atoms with Crippen molar-refractivity contribution in [1.82, 2.24) is 15.3 Å². The number of rotatable bonds is 7. The largest absolute Gasteiger partial charge is 0.497 e. The molecule has 2 aromatic carbocycles. The number of nitrogens with one attached hydrogen (secondary N) is 2. The molecule has 3 aromatic rings. The van der Waals surface area contributed by atoms with E-state index >= 15 is 0 Å². The molecule has 2 atom stereocenters. The molecule has 1 aromatic heterocycles. The quantitative estimate of drug-likeness (QED) is 0.556. The lowest BCUT2D eigenvalue weighted by Crippen LogP contribution is -2.38. The van der Waals surface area contributed by atoms with Crippen LogP contribution in [-0.2, 0) is 0 Å². The van der Waals surface area contributed by atoms with Gasteiger partial charge in [0.1, 0.15) is 23.9 Å². The fourth-order valence-electron chi connectivity index (χ4n) is 4.06. The minimum Gasteiger partial charge on any atom is -0.497 e. The molecule has 30 heavy (non-hydrogen) atoms. The first-order valence-electron chi connectivity index (χ1n) is 10.3. The third-order valence-electron chi connectivity index (χ3n) is 5.56. The van der Waals surface area contributed by atoms with Crippen LogP contribution in [0, 0.1) is 0 Å². The summed E-state index contributed by atoms with van der Waals surface area (Å²) < 4.78 is 10.7. The number of ether oxygens (including phenoxy) is 2. The fraction of sp³-hybridized carbons (Fsp3) is 0.391. The molecular formula is C23H27N3O4. The number of hydrogen-bond acceptors (Lipinski definition) is 5. The Morgan fingerprint density at radius 1 is 1.23 bits per heavy atom. The first kappa shape index (κ1) is 20.2. The van der Waals surface area contributed by atoms with Crippen molar-refractivity contribution in [1.29, 1.82) is 0 Å². The Hall–Kier alpha value is -3.06. The maximum atomic E-state index is 12.7. The maximum absolute atomic E-state index is 12.7. The summed E-state index contributed by atoms with van der Waals surface area (Å²) in [5.41, 5.74) is 2.45. The zero-order valence-electron chi connectivity index (χ0n) is 17.1. The monoisotopic (exact) mass is 409 g/mol. The molecule has 0 radical (unpaired) electrons. The van der Waals surface area contributed by atoms with Crippen molar-refractivity contribution >= 4 is 16.9 Å². The van der Waals surface area contributed by atoms with Crippen LogP contribution in [-0.4, -0.2) is 47.3 Å². The normalized spacial score (nSPS) is 18.9. The van der Waals surface area contributed by atoms with Crippen molar-refractivity contribution in [3.8, 4) is 11.5 Å². The number of amides is 1. The van der Waals surface area contributed by atoms with E-state index in [9.17, 15) is 4.79 Å². The van der Waals surface area contributed by atoms with Gasteiger partial charge in [0.2, 0.25) is 0 Å². The second-order valence-corrected chi connectivity index (χ2v) is 7.64. The number of aromatic amines is 1. The first-order chi connectivity index (χ1) is 14.7. The average Bonchev–Trinajstić information content (AvgIpc) is 3.21. The Bertz CT molecular complexity index is 1020. The number of aromatic nitrogens is 2. The molecule has 0 aliphatic heterocycles. The number of aliphatic hydroxyl groups excluding tert-OH is 1. The Morgan fingerprint density at radius 2 is 2.13 bits per heavy atom. The molecule has 1 amide bonds. The lowest BCUT2D eigenvalue weighted by Gasteiger charge is -2.28. The Labute approximate surface area is 175 Å². The third-order valence-corrected chi connectivity index (χ3v) is 5.56. The summed E-state index contributed by atoms with van der Waals surface area (Å²) in [6.07, 6.45) is 3.89. The van der Waals surface area contributed by atoms with Crippen LogP contribution in [0.15, 0.2) is 42.5 Å². The lowest BCUT2D eigenvalue weighted by molar-refractivity contribution is 0.0924. The van der Waals surface area contributed by atoms with E-state index in [1.807, 2.05) is 18.2 Å². The Morgan fingerprint density at radius 3 is 2.97 bits per heavy atom. The van der Waals surface area contributed by atoms with E-state index in [-0.39, 0.29) is 31.1 Å². The van der Waals surface area contributed by atoms with Crippen molar-refractivity contribution in [3.05, 3.63) is 53.9 Å². The highest BCUT2D eigenvalue weighted by Gasteiger charge is 2.27. The SMILES string of the molecule is COc1ccc2nc([C@@H]3CCC[C@H](NC(=O)c4cccc(OCCO)c4)C3)[nH]c2c1. The van der Waals surface area contributed by atoms with Gasteiger partial charge in [0.15, 0.2) is 0 Å². The number of fused-ring (bicyclic) bond motifs is 1. The number of aliphatic hydroxyl groups is 1. The van der Waals surface area contributed by atoms with Crippen LogP contribution in [0.4, 0.5) is 0 Å². The van der Waals surface area contributed by atoms with E-state index in [1.165, 1.54) is 0 Å². The summed E-state index contributed by atoms with van der Waals surface area (Å²) in [6, 6.07) is 13.0. The number of methoxy groups -OCH3 is 1. The van der Waals surface area contributed by atoms with Gasteiger partial charge in [-0.25, -0.2) is 4.98 Å². The molecule has 0 saturated heterocycles. The van der Waals surface area contributed by atoms with Crippen LogP contribution >= 0.6 is 0 Å². The second-order valence-electron chi connectivity index (χ2n) is 7.64. The van der Waals surface area contributed by atoms with Gasteiger partial charge in [0.25, 0.3) is 5.91 Å². The zero-order valence-corrected chi connectivity index (χ0v) is 17.1. The van der Waals surface area contributed by atoms with Crippen molar-refractivity contribution in [2.45, 2.75) is 37.6 Å². The number of carbonyl (C=O) groups excluding carboxylic acids is 1. The number of imidazole rings is 1. The average molecular weight is 409 g/mol. The molecular weight excluding hydrogens is 382 g/mol. The van der Waals surface area contributed by atoms with Gasteiger partial charge in [-0.1, -0.05) is 12.5 Å². The predicted molar refractivity (Wildman–Crippen MR) is 114 cm³/mol. The molecule has 0 unspecified atom stereocenters. The van der Waals surface area contributed by atoms with Crippen LogP contribution in [0.1, 0.15) is 47.8 Å². The Balaban J connectivity index is 1.42. The number of H-pyrrole nitrogens is 1.